The van der Waals surface area contributed by atoms with Crippen LogP contribution in [0.15, 0.2) is 0 Å². The molecular weight excluding hydrogens is 192 g/mol. The summed E-state index contributed by atoms with van der Waals surface area (Å²) < 4.78 is 0. The molecule has 1 aliphatic heterocycles. The lowest BCUT2D eigenvalue weighted by atomic mass is 10.0. The molecule has 1 fully saturated rings. The third-order valence-electron chi connectivity index (χ3n) is 2.10. The van der Waals surface area contributed by atoms with Crippen LogP contribution in [0.2, 0.25) is 0 Å². The fourth-order valence-corrected chi connectivity index (χ4v) is 1.36. The molecule has 1 heterocycles. The molecule has 3 N–H and O–H groups in total. The second-order valence-electron chi connectivity index (χ2n) is 2.96. The van der Waals surface area contributed by atoms with E-state index in [1.54, 1.807) is 0 Å². The zero-order valence-corrected chi connectivity index (χ0v) is 7.91. The van der Waals surface area contributed by atoms with Crippen LogP contribution in [-0.2, 0) is 9.59 Å². The highest BCUT2D eigenvalue weighted by atomic mass is 32.1. The van der Waals surface area contributed by atoms with Crippen molar-refractivity contribution in [3.8, 4) is 0 Å². The van der Waals surface area contributed by atoms with Gasteiger partial charge in [-0.2, -0.15) is 12.6 Å². The first-order valence-corrected chi connectivity index (χ1v) is 4.61. The molecule has 74 valence electrons. The van der Waals surface area contributed by atoms with E-state index in [1.165, 1.54) is 4.90 Å². The summed E-state index contributed by atoms with van der Waals surface area (Å²) in [5.74, 6) is -1.05. The number of carboxylic acid groups (broad SMARTS) is 1. The highest BCUT2D eigenvalue weighted by Crippen LogP contribution is 2.18. The van der Waals surface area contributed by atoms with E-state index in [0.29, 0.717) is 13.0 Å². The molecule has 0 spiro atoms. The number of rotatable bonds is 3. The highest BCUT2D eigenvalue weighted by molar-refractivity contribution is 7.80. The molecule has 2 atom stereocenters. The molecule has 1 rings (SSSR count). The molecule has 6 heteroatoms. The van der Waals surface area contributed by atoms with E-state index >= 15 is 0 Å². The number of hydrogen-bond acceptors (Lipinski definition) is 4. The number of aliphatic carboxylic acids is 1. The van der Waals surface area contributed by atoms with Gasteiger partial charge in [0.1, 0.15) is 6.04 Å². The Morgan fingerprint density at radius 1 is 1.69 bits per heavy atom. The van der Waals surface area contributed by atoms with Crippen LogP contribution in [0.4, 0.5) is 0 Å². The average molecular weight is 204 g/mol. The fraction of sp³-hybridized carbons (Fsp3) is 0.714. The summed E-state index contributed by atoms with van der Waals surface area (Å²) in [6.07, 6.45) is 0.514. The molecule has 13 heavy (non-hydrogen) atoms. The number of likely N-dealkylation sites (tertiary alicyclic amines) is 1. The quantitative estimate of drug-likeness (QED) is 0.511. The van der Waals surface area contributed by atoms with E-state index in [2.05, 4.69) is 12.6 Å². The highest BCUT2D eigenvalue weighted by Gasteiger charge is 2.38. The summed E-state index contributed by atoms with van der Waals surface area (Å²) >= 11 is 3.87. The zero-order chi connectivity index (χ0) is 10.0. The Bertz CT molecular complexity index is 234. The Morgan fingerprint density at radius 2 is 2.31 bits per heavy atom. The number of nitrogens with zero attached hydrogens (tertiary/aromatic N) is 1. The minimum absolute atomic E-state index is 0.238. The maximum Gasteiger partial charge on any atom is 0.326 e. The number of amides is 1. The largest absolute Gasteiger partial charge is 0.480 e. The van der Waals surface area contributed by atoms with E-state index < -0.39 is 18.1 Å². The van der Waals surface area contributed by atoms with Gasteiger partial charge >= 0.3 is 5.97 Å². The SMILES string of the molecule is N[C@@H](CS)C(=O)N1CC[C@H]1C(=O)O. The summed E-state index contributed by atoms with van der Waals surface area (Å²) in [6.45, 7) is 0.483. The van der Waals surface area contributed by atoms with Gasteiger partial charge in [-0.05, 0) is 6.42 Å². The standard InChI is InChI=1S/C7H12N2O3S/c8-4(3-13)6(10)9-2-1-5(9)7(11)12/h4-5,13H,1-3,8H2,(H,11,12)/t4-,5-/m0/s1. The van der Waals surface area contributed by atoms with Crippen LogP contribution in [0.25, 0.3) is 0 Å². The first-order valence-electron chi connectivity index (χ1n) is 3.97. The lowest BCUT2D eigenvalue weighted by Gasteiger charge is -2.39. The third-order valence-corrected chi connectivity index (χ3v) is 2.50. The molecule has 1 amide bonds. The van der Waals surface area contributed by atoms with Crippen LogP contribution in [-0.4, -0.2) is 46.3 Å². The summed E-state index contributed by atoms with van der Waals surface area (Å²) in [5.41, 5.74) is 5.43. The van der Waals surface area contributed by atoms with Gasteiger partial charge < -0.3 is 15.7 Å². The van der Waals surface area contributed by atoms with Crippen LogP contribution >= 0.6 is 12.6 Å². The van der Waals surface area contributed by atoms with Crippen molar-refractivity contribution in [2.45, 2.75) is 18.5 Å². The molecule has 0 unspecified atom stereocenters. The molecular formula is C7H12N2O3S. The number of carbonyl (C=O) groups is 2. The van der Waals surface area contributed by atoms with E-state index in [4.69, 9.17) is 10.8 Å². The van der Waals surface area contributed by atoms with Crippen molar-refractivity contribution >= 4 is 24.5 Å². The van der Waals surface area contributed by atoms with E-state index in [0.717, 1.165) is 0 Å². The van der Waals surface area contributed by atoms with Gasteiger partial charge in [0.05, 0.1) is 6.04 Å². The van der Waals surface area contributed by atoms with Crippen LogP contribution in [0.5, 0.6) is 0 Å². The molecule has 0 aromatic heterocycles. The zero-order valence-electron chi connectivity index (χ0n) is 7.01. The number of nitrogens with two attached hydrogens (primary N) is 1. The van der Waals surface area contributed by atoms with Gasteiger partial charge in [0.15, 0.2) is 0 Å². The van der Waals surface area contributed by atoms with Crippen molar-refractivity contribution in [1.29, 1.82) is 0 Å². The fourth-order valence-electron chi connectivity index (χ4n) is 1.20. The van der Waals surface area contributed by atoms with Gasteiger partial charge in [-0.1, -0.05) is 0 Å². The molecule has 1 aliphatic rings. The van der Waals surface area contributed by atoms with Crippen LogP contribution in [0.1, 0.15) is 6.42 Å². The molecule has 5 nitrogen and oxygen atoms in total. The summed E-state index contributed by atoms with van der Waals surface area (Å²) in [7, 11) is 0. The monoisotopic (exact) mass is 204 g/mol. The minimum Gasteiger partial charge on any atom is -0.480 e. The summed E-state index contributed by atoms with van der Waals surface area (Å²) in [6, 6.07) is -1.37. The maximum atomic E-state index is 11.4. The van der Waals surface area contributed by atoms with Crippen LogP contribution in [0.3, 0.4) is 0 Å². The molecule has 1 saturated heterocycles. The molecule has 0 aromatic carbocycles. The normalized spacial score (nSPS) is 23.5. The third kappa shape index (κ3) is 1.94. The molecule has 0 aromatic rings. The summed E-state index contributed by atoms with van der Waals surface area (Å²) in [4.78, 5) is 23.2. The Kier molecular flexibility index (Phi) is 3.16. The second kappa shape index (κ2) is 3.97. The predicted octanol–water partition coefficient (Wildman–Crippen LogP) is -1.07. The number of thiol groups is 1. The van der Waals surface area contributed by atoms with Gasteiger partial charge in [-0.15, -0.1) is 0 Å². The maximum absolute atomic E-state index is 11.4. The van der Waals surface area contributed by atoms with E-state index in [1.807, 2.05) is 0 Å². The molecule has 0 bridgehead atoms. The first-order chi connectivity index (χ1) is 6.07. The van der Waals surface area contributed by atoms with Gasteiger partial charge in [-0.25, -0.2) is 4.79 Å². The van der Waals surface area contributed by atoms with Crippen molar-refractivity contribution < 1.29 is 14.7 Å². The van der Waals surface area contributed by atoms with Crippen molar-refractivity contribution in [2.24, 2.45) is 5.73 Å². The molecule has 0 aliphatic carbocycles. The van der Waals surface area contributed by atoms with Crippen LogP contribution in [0, 0.1) is 0 Å². The Labute approximate surface area is 81.3 Å². The van der Waals surface area contributed by atoms with Gasteiger partial charge in [0.2, 0.25) is 5.91 Å². The number of hydrogen-bond donors (Lipinski definition) is 3. The van der Waals surface area contributed by atoms with Crippen molar-refractivity contribution in [3.63, 3.8) is 0 Å². The first kappa shape index (κ1) is 10.3. The Hall–Kier alpha value is -0.750. The topological polar surface area (TPSA) is 83.6 Å². The number of carbonyl (C=O) groups excluding carboxylic acids is 1. The van der Waals surface area contributed by atoms with Crippen LogP contribution < -0.4 is 5.73 Å². The number of carboxylic acids is 1. The average Bonchev–Trinajstić information content (AvgIpc) is 1.99. The smallest absolute Gasteiger partial charge is 0.326 e. The van der Waals surface area contributed by atoms with Gasteiger partial charge in [0.25, 0.3) is 0 Å². The lowest BCUT2D eigenvalue weighted by molar-refractivity contribution is -0.157. The predicted molar refractivity (Wildman–Crippen MR) is 49.6 cm³/mol. The second-order valence-corrected chi connectivity index (χ2v) is 3.33. The Morgan fingerprint density at radius 3 is 2.62 bits per heavy atom. The van der Waals surface area contributed by atoms with Gasteiger partial charge in [-0.3, -0.25) is 4.79 Å². The van der Waals surface area contributed by atoms with Gasteiger partial charge in [0, 0.05) is 12.3 Å². The summed E-state index contributed by atoms with van der Waals surface area (Å²) in [5, 5.41) is 8.65. The lowest BCUT2D eigenvalue weighted by Crippen LogP contribution is -2.59. The van der Waals surface area contributed by atoms with Crippen molar-refractivity contribution in [3.05, 3.63) is 0 Å². The van der Waals surface area contributed by atoms with Crippen molar-refractivity contribution in [1.82, 2.24) is 4.90 Å². The van der Waals surface area contributed by atoms with Crippen molar-refractivity contribution in [2.75, 3.05) is 12.3 Å². The Balaban J connectivity index is 2.53. The molecule has 0 radical (unpaired) electrons. The van der Waals surface area contributed by atoms with E-state index in [9.17, 15) is 9.59 Å². The molecule has 0 saturated carbocycles. The minimum atomic E-state index is -0.967. The van der Waals surface area contributed by atoms with E-state index in [-0.39, 0.29) is 11.7 Å².